The van der Waals surface area contributed by atoms with E-state index >= 15 is 0 Å². The van der Waals surface area contributed by atoms with Crippen LogP contribution in [-0.4, -0.2) is 36.6 Å². The number of rotatable bonds is 4. The predicted molar refractivity (Wildman–Crippen MR) is 64.5 cm³/mol. The summed E-state index contributed by atoms with van der Waals surface area (Å²) in [5.41, 5.74) is 0.406. The highest BCUT2D eigenvalue weighted by atomic mass is 16.4. The molecule has 1 aromatic rings. The van der Waals surface area contributed by atoms with Gasteiger partial charge in [0.25, 0.3) is 0 Å². The zero-order chi connectivity index (χ0) is 13.5. The number of hydrogen-bond acceptors (Lipinski definition) is 3. The van der Waals surface area contributed by atoms with Crippen molar-refractivity contribution in [3.8, 4) is 0 Å². The number of nitrogens with one attached hydrogen (secondary N) is 3. The van der Waals surface area contributed by atoms with Crippen LogP contribution in [0.3, 0.4) is 0 Å². The van der Waals surface area contributed by atoms with Gasteiger partial charge in [0.2, 0.25) is 5.91 Å². The van der Waals surface area contributed by atoms with Crippen molar-refractivity contribution in [2.75, 3.05) is 18.9 Å². The van der Waals surface area contributed by atoms with Crippen LogP contribution in [0.15, 0.2) is 24.3 Å². The molecule has 0 saturated heterocycles. The van der Waals surface area contributed by atoms with Gasteiger partial charge in [-0.05, 0) is 18.2 Å². The second-order valence-electron chi connectivity index (χ2n) is 3.37. The number of amides is 3. The van der Waals surface area contributed by atoms with Crippen LogP contribution in [0.5, 0.6) is 0 Å². The van der Waals surface area contributed by atoms with Crippen LogP contribution in [0, 0.1) is 0 Å². The zero-order valence-corrected chi connectivity index (χ0v) is 9.69. The van der Waals surface area contributed by atoms with E-state index in [1.807, 2.05) is 0 Å². The third-order valence-electron chi connectivity index (χ3n) is 2.06. The molecule has 0 spiro atoms. The van der Waals surface area contributed by atoms with E-state index in [-0.39, 0.29) is 18.0 Å². The molecule has 0 heterocycles. The van der Waals surface area contributed by atoms with Crippen molar-refractivity contribution < 1.29 is 19.5 Å². The molecule has 0 saturated carbocycles. The highest BCUT2D eigenvalue weighted by molar-refractivity contribution is 5.94. The zero-order valence-electron chi connectivity index (χ0n) is 9.69. The smallest absolute Gasteiger partial charge is 0.335 e. The minimum Gasteiger partial charge on any atom is -0.478 e. The number of carbonyl (C=O) groups excluding carboxylic acids is 2. The Labute approximate surface area is 103 Å². The number of urea groups is 1. The Kier molecular flexibility index (Phi) is 4.67. The number of carbonyl (C=O) groups is 3. The predicted octanol–water partition coefficient (Wildman–Crippen LogP) is 0.252. The first kappa shape index (κ1) is 13.5. The van der Waals surface area contributed by atoms with Crippen LogP contribution >= 0.6 is 0 Å². The maximum Gasteiger partial charge on any atom is 0.335 e. The monoisotopic (exact) mass is 251 g/mol. The first-order valence-electron chi connectivity index (χ1n) is 5.11. The van der Waals surface area contributed by atoms with Gasteiger partial charge in [-0.2, -0.15) is 0 Å². The largest absolute Gasteiger partial charge is 0.478 e. The fourth-order valence-corrected chi connectivity index (χ4v) is 1.15. The molecule has 0 aromatic heterocycles. The Morgan fingerprint density at radius 1 is 1.28 bits per heavy atom. The summed E-state index contributed by atoms with van der Waals surface area (Å²) in [6, 6.07) is 5.21. The van der Waals surface area contributed by atoms with Gasteiger partial charge in [0.1, 0.15) is 0 Å². The van der Waals surface area contributed by atoms with Gasteiger partial charge in [0.15, 0.2) is 0 Å². The van der Waals surface area contributed by atoms with Crippen molar-refractivity contribution in [2.45, 2.75) is 0 Å². The summed E-state index contributed by atoms with van der Waals surface area (Å²) in [5.74, 6) is -1.41. The van der Waals surface area contributed by atoms with Crippen LogP contribution in [-0.2, 0) is 4.79 Å². The molecule has 0 bridgehead atoms. The number of carboxylic acid groups (broad SMARTS) is 1. The summed E-state index contributed by atoms with van der Waals surface area (Å²) in [6.45, 7) is -0.152. The van der Waals surface area contributed by atoms with Gasteiger partial charge in [-0.15, -0.1) is 0 Å². The van der Waals surface area contributed by atoms with Crippen LogP contribution in [0.1, 0.15) is 10.4 Å². The topological polar surface area (TPSA) is 108 Å². The van der Waals surface area contributed by atoms with Crippen LogP contribution in [0.4, 0.5) is 10.5 Å². The molecule has 0 radical (unpaired) electrons. The maximum absolute atomic E-state index is 11.4. The molecule has 0 aliphatic carbocycles. The summed E-state index contributed by atoms with van der Waals surface area (Å²) in [5, 5.41) is 15.9. The fourth-order valence-electron chi connectivity index (χ4n) is 1.15. The molecule has 4 N–H and O–H groups in total. The molecule has 1 aromatic carbocycles. The fraction of sp³-hybridized carbons (Fsp3) is 0.182. The van der Waals surface area contributed by atoms with E-state index in [0.717, 1.165) is 0 Å². The molecule has 18 heavy (non-hydrogen) atoms. The molecule has 1 rings (SSSR count). The molecule has 0 fully saturated rings. The molecule has 96 valence electrons. The van der Waals surface area contributed by atoms with Crippen molar-refractivity contribution in [1.82, 2.24) is 10.6 Å². The van der Waals surface area contributed by atoms with E-state index in [0.29, 0.717) is 5.69 Å². The third-order valence-corrected chi connectivity index (χ3v) is 2.06. The van der Waals surface area contributed by atoms with Crippen molar-refractivity contribution in [3.05, 3.63) is 29.8 Å². The van der Waals surface area contributed by atoms with Crippen LogP contribution in [0.2, 0.25) is 0 Å². The lowest BCUT2D eigenvalue weighted by Crippen LogP contribution is -2.37. The summed E-state index contributed by atoms with van der Waals surface area (Å²) in [7, 11) is 1.46. The number of likely N-dealkylation sites (N-methyl/N-ethyl adjacent to an activating group) is 1. The number of aromatic carboxylic acids is 1. The first-order valence-corrected chi connectivity index (χ1v) is 5.11. The Morgan fingerprint density at radius 2 is 2.00 bits per heavy atom. The van der Waals surface area contributed by atoms with E-state index in [9.17, 15) is 14.4 Å². The molecule has 0 atom stereocenters. The van der Waals surface area contributed by atoms with E-state index in [2.05, 4.69) is 16.0 Å². The number of benzene rings is 1. The summed E-state index contributed by atoms with van der Waals surface area (Å²) in [6.07, 6.45) is 0. The summed E-state index contributed by atoms with van der Waals surface area (Å²) in [4.78, 5) is 33.0. The lowest BCUT2D eigenvalue weighted by Gasteiger charge is -2.07. The van der Waals surface area contributed by atoms with E-state index in [1.165, 1.54) is 25.2 Å². The van der Waals surface area contributed by atoms with Crippen molar-refractivity contribution in [2.24, 2.45) is 0 Å². The second-order valence-corrected chi connectivity index (χ2v) is 3.37. The van der Waals surface area contributed by atoms with E-state index < -0.39 is 12.0 Å². The number of carboxylic acids is 1. The van der Waals surface area contributed by atoms with Crippen molar-refractivity contribution >= 4 is 23.6 Å². The molecule has 7 nitrogen and oxygen atoms in total. The molecule has 0 unspecified atom stereocenters. The van der Waals surface area contributed by atoms with Gasteiger partial charge in [0.05, 0.1) is 12.1 Å². The molecular formula is C11H13N3O4. The Morgan fingerprint density at radius 3 is 2.61 bits per heavy atom. The Hall–Kier alpha value is -2.57. The lowest BCUT2D eigenvalue weighted by atomic mass is 10.2. The average molecular weight is 251 g/mol. The minimum atomic E-state index is -1.08. The third kappa shape index (κ3) is 4.12. The summed E-state index contributed by atoms with van der Waals surface area (Å²) < 4.78 is 0. The van der Waals surface area contributed by atoms with Crippen LogP contribution in [0.25, 0.3) is 0 Å². The molecular weight excluding hydrogens is 238 g/mol. The highest BCUT2D eigenvalue weighted by Gasteiger charge is 2.06. The molecule has 7 heteroatoms. The van der Waals surface area contributed by atoms with Gasteiger partial charge >= 0.3 is 12.0 Å². The Bertz CT molecular complexity index is 473. The van der Waals surface area contributed by atoms with Crippen molar-refractivity contribution in [1.29, 1.82) is 0 Å². The molecule has 3 amide bonds. The standard InChI is InChI=1S/C11H13N3O4/c1-12-9(15)6-13-11(18)14-8-4-2-3-7(5-8)10(16)17/h2-5H,6H2,1H3,(H,12,15)(H,16,17)(H2,13,14,18). The van der Waals surface area contributed by atoms with Gasteiger partial charge in [-0.25, -0.2) is 9.59 Å². The van der Waals surface area contributed by atoms with Gasteiger partial charge in [-0.1, -0.05) is 6.07 Å². The van der Waals surface area contributed by atoms with Crippen molar-refractivity contribution in [3.63, 3.8) is 0 Å². The normalized spacial score (nSPS) is 9.39. The Balaban J connectivity index is 2.56. The maximum atomic E-state index is 11.4. The quantitative estimate of drug-likeness (QED) is 0.615. The van der Waals surface area contributed by atoms with Gasteiger partial charge in [0, 0.05) is 12.7 Å². The van der Waals surface area contributed by atoms with E-state index in [4.69, 9.17) is 5.11 Å². The SMILES string of the molecule is CNC(=O)CNC(=O)Nc1cccc(C(=O)O)c1. The molecule has 0 aliphatic heterocycles. The summed E-state index contributed by atoms with van der Waals surface area (Å²) >= 11 is 0. The minimum absolute atomic E-state index is 0.0686. The number of hydrogen-bond donors (Lipinski definition) is 4. The van der Waals surface area contributed by atoms with Gasteiger partial charge < -0.3 is 21.1 Å². The second kappa shape index (κ2) is 6.24. The highest BCUT2D eigenvalue weighted by Crippen LogP contribution is 2.10. The lowest BCUT2D eigenvalue weighted by molar-refractivity contribution is -0.119. The first-order chi connectivity index (χ1) is 8.52. The van der Waals surface area contributed by atoms with E-state index in [1.54, 1.807) is 6.07 Å². The average Bonchev–Trinajstić information content (AvgIpc) is 2.36. The van der Waals surface area contributed by atoms with Crippen LogP contribution < -0.4 is 16.0 Å². The van der Waals surface area contributed by atoms with Gasteiger partial charge in [-0.3, -0.25) is 4.79 Å². The number of anilines is 1. The molecule has 0 aliphatic rings.